The normalized spacial score (nSPS) is 24.6. The number of nitrogens with zero attached hydrogens (tertiary/aromatic N) is 2. The highest BCUT2D eigenvalue weighted by atomic mass is 32.2. The highest BCUT2D eigenvalue weighted by Gasteiger charge is 2.31. The van der Waals surface area contributed by atoms with Crippen molar-refractivity contribution in [3.05, 3.63) is 29.8 Å². The molecule has 2 aliphatic rings. The maximum atomic E-state index is 11.5. The van der Waals surface area contributed by atoms with Crippen LogP contribution >= 0.6 is 0 Å². The molecule has 2 heterocycles. The van der Waals surface area contributed by atoms with Gasteiger partial charge in [-0.15, -0.1) is 0 Å². The minimum atomic E-state index is -3.28. The molecule has 2 fully saturated rings. The Morgan fingerprint density at radius 2 is 1.96 bits per heavy atom. The van der Waals surface area contributed by atoms with Crippen LogP contribution in [0.25, 0.3) is 0 Å². The van der Waals surface area contributed by atoms with Gasteiger partial charge in [-0.1, -0.05) is 0 Å². The second kappa shape index (κ2) is 8.35. The fourth-order valence-corrected chi connectivity index (χ4v) is 4.33. The average Bonchev–Trinajstić information content (AvgIpc) is 2.59. The van der Waals surface area contributed by atoms with E-state index in [1.165, 1.54) is 6.42 Å². The van der Waals surface area contributed by atoms with E-state index in [9.17, 15) is 8.42 Å². The van der Waals surface area contributed by atoms with E-state index in [0.29, 0.717) is 29.7 Å². The summed E-state index contributed by atoms with van der Waals surface area (Å²) in [7, 11) is -3.28. The largest absolute Gasteiger partial charge is 0.488 e. The SMILES string of the molecule is CS(=O)(=O)NCC(CN1CC2CNCC(C2)C1)Oc1ccc(C#N)cc1. The smallest absolute Gasteiger partial charge is 0.208 e. The standard InChI is InChI=1S/C18H26N4O3S/c1-26(23,24)21-10-18(25-17-4-2-14(7-19)3-5-17)13-22-11-15-6-16(12-22)9-20-8-15/h2-5,15-16,18,20-21H,6,8-13H2,1H3. The molecule has 2 saturated heterocycles. The number of nitriles is 1. The summed E-state index contributed by atoms with van der Waals surface area (Å²) in [5.74, 6) is 1.95. The number of piperidine rings is 2. The number of benzene rings is 1. The van der Waals surface area contributed by atoms with Crippen molar-refractivity contribution in [3.8, 4) is 11.8 Å². The summed E-state index contributed by atoms with van der Waals surface area (Å²) in [6.07, 6.45) is 2.14. The first-order chi connectivity index (χ1) is 12.4. The lowest BCUT2D eigenvalue weighted by Gasteiger charge is -2.42. The van der Waals surface area contributed by atoms with Crippen LogP contribution < -0.4 is 14.8 Å². The van der Waals surface area contributed by atoms with Gasteiger partial charge in [0, 0.05) is 26.2 Å². The van der Waals surface area contributed by atoms with Crippen LogP contribution in [0, 0.1) is 23.2 Å². The molecule has 3 unspecified atom stereocenters. The quantitative estimate of drug-likeness (QED) is 0.713. The van der Waals surface area contributed by atoms with E-state index < -0.39 is 10.0 Å². The minimum Gasteiger partial charge on any atom is -0.488 e. The van der Waals surface area contributed by atoms with Crippen molar-refractivity contribution in [1.29, 1.82) is 5.26 Å². The number of nitrogens with one attached hydrogen (secondary N) is 2. The molecule has 26 heavy (non-hydrogen) atoms. The van der Waals surface area contributed by atoms with Crippen LogP contribution in [-0.4, -0.2) is 64.9 Å². The minimum absolute atomic E-state index is 0.225. The molecule has 0 saturated carbocycles. The van der Waals surface area contributed by atoms with E-state index in [4.69, 9.17) is 10.00 Å². The van der Waals surface area contributed by atoms with Gasteiger partial charge in [0.2, 0.25) is 10.0 Å². The highest BCUT2D eigenvalue weighted by molar-refractivity contribution is 7.88. The van der Waals surface area contributed by atoms with Crippen molar-refractivity contribution >= 4 is 10.0 Å². The molecule has 3 atom stereocenters. The number of ether oxygens (including phenoxy) is 1. The van der Waals surface area contributed by atoms with Gasteiger partial charge in [0.1, 0.15) is 11.9 Å². The molecule has 2 bridgehead atoms. The average molecular weight is 378 g/mol. The Morgan fingerprint density at radius 1 is 1.31 bits per heavy atom. The van der Waals surface area contributed by atoms with Gasteiger partial charge in [-0.25, -0.2) is 13.1 Å². The first-order valence-corrected chi connectivity index (χ1v) is 10.8. The molecule has 7 nitrogen and oxygen atoms in total. The zero-order valence-corrected chi connectivity index (χ0v) is 15.8. The summed E-state index contributed by atoms with van der Waals surface area (Å²) in [5, 5.41) is 12.4. The number of fused-ring (bicyclic) bond motifs is 2. The van der Waals surface area contributed by atoms with Crippen molar-refractivity contribution in [2.75, 3.05) is 45.5 Å². The number of sulfonamides is 1. The topological polar surface area (TPSA) is 94.5 Å². The first kappa shape index (κ1) is 19.1. The second-order valence-electron chi connectivity index (χ2n) is 7.34. The van der Waals surface area contributed by atoms with Crippen LogP contribution in [0.15, 0.2) is 24.3 Å². The van der Waals surface area contributed by atoms with Crippen LogP contribution in [0.1, 0.15) is 12.0 Å². The monoisotopic (exact) mass is 378 g/mol. The lowest BCUT2D eigenvalue weighted by molar-refractivity contribution is 0.0597. The molecule has 1 aromatic carbocycles. The van der Waals surface area contributed by atoms with E-state index in [2.05, 4.69) is 21.0 Å². The lowest BCUT2D eigenvalue weighted by atomic mass is 9.86. The molecule has 8 heteroatoms. The van der Waals surface area contributed by atoms with Gasteiger partial charge in [-0.2, -0.15) is 5.26 Å². The predicted molar refractivity (Wildman–Crippen MR) is 99.3 cm³/mol. The van der Waals surface area contributed by atoms with Gasteiger partial charge in [0.25, 0.3) is 0 Å². The van der Waals surface area contributed by atoms with Crippen LogP contribution in [-0.2, 0) is 10.0 Å². The summed E-state index contributed by atoms with van der Waals surface area (Å²) in [5.41, 5.74) is 0.569. The second-order valence-corrected chi connectivity index (χ2v) is 9.17. The Kier molecular flexibility index (Phi) is 6.14. The van der Waals surface area contributed by atoms with Crippen LogP contribution in [0.5, 0.6) is 5.75 Å². The van der Waals surface area contributed by atoms with Crippen molar-refractivity contribution in [1.82, 2.24) is 14.9 Å². The Hall–Kier alpha value is -1.66. The Labute approximate surface area is 155 Å². The van der Waals surface area contributed by atoms with Gasteiger partial charge in [-0.05, 0) is 55.6 Å². The van der Waals surface area contributed by atoms with E-state index in [1.807, 2.05) is 0 Å². The molecule has 142 valence electrons. The molecule has 2 aliphatic heterocycles. The molecule has 3 rings (SSSR count). The maximum absolute atomic E-state index is 11.5. The Bertz CT molecular complexity index is 733. The van der Waals surface area contributed by atoms with E-state index >= 15 is 0 Å². The summed E-state index contributed by atoms with van der Waals surface area (Å²) < 4.78 is 31.6. The lowest BCUT2D eigenvalue weighted by Crippen LogP contribution is -2.54. The predicted octanol–water partition coefficient (Wildman–Crippen LogP) is 0.396. The summed E-state index contributed by atoms with van der Waals surface area (Å²) in [6, 6.07) is 8.98. The van der Waals surface area contributed by atoms with Gasteiger partial charge < -0.3 is 10.1 Å². The molecule has 2 N–H and O–H groups in total. The molecule has 0 aromatic heterocycles. The summed E-state index contributed by atoms with van der Waals surface area (Å²) in [4.78, 5) is 2.39. The molecular formula is C18H26N4O3S. The number of rotatable bonds is 7. The van der Waals surface area contributed by atoms with Crippen molar-refractivity contribution in [2.24, 2.45) is 11.8 Å². The fourth-order valence-electron chi connectivity index (χ4n) is 3.84. The third-order valence-electron chi connectivity index (χ3n) is 4.89. The van der Waals surface area contributed by atoms with Gasteiger partial charge in [0.15, 0.2) is 0 Å². The molecule has 0 amide bonds. The summed E-state index contributed by atoms with van der Waals surface area (Å²) >= 11 is 0. The van der Waals surface area contributed by atoms with Gasteiger partial charge >= 0.3 is 0 Å². The maximum Gasteiger partial charge on any atom is 0.208 e. The zero-order valence-electron chi connectivity index (χ0n) is 15.0. The van der Waals surface area contributed by atoms with E-state index in [1.54, 1.807) is 24.3 Å². The number of hydrogen-bond acceptors (Lipinski definition) is 6. The van der Waals surface area contributed by atoms with Crippen LogP contribution in [0.4, 0.5) is 0 Å². The molecule has 0 radical (unpaired) electrons. The molecule has 0 spiro atoms. The fraction of sp³-hybridized carbons (Fsp3) is 0.611. The Balaban J connectivity index is 1.65. The first-order valence-electron chi connectivity index (χ1n) is 8.96. The van der Waals surface area contributed by atoms with Crippen molar-refractivity contribution < 1.29 is 13.2 Å². The van der Waals surface area contributed by atoms with Gasteiger partial charge in [0.05, 0.1) is 17.9 Å². The number of hydrogen-bond donors (Lipinski definition) is 2. The van der Waals surface area contributed by atoms with Crippen LogP contribution in [0.3, 0.4) is 0 Å². The summed E-state index contributed by atoms with van der Waals surface area (Å²) in [6.45, 7) is 5.02. The number of likely N-dealkylation sites (tertiary alicyclic amines) is 1. The van der Waals surface area contributed by atoms with Crippen molar-refractivity contribution in [2.45, 2.75) is 12.5 Å². The van der Waals surface area contributed by atoms with E-state index in [-0.39, 0.29) is 12.6 Å². The zero-order chi connectivity index (χ0) is 18.6. The highest BCUT2D eigenvalue weighted by Crippen LogP contribution is 2.25. The molecule has 0 aliphatic carbocycles. The third-order valence-corrected chi connectivity index (χ3v) is 5.58. The third kappa shape index (κ3) is 5.68. The molecule has 1 aromatic rings. The van der Waals surface area contributed by atoms with E-state index in [0.717, 1.165) is 32.4 Å². The molecular weight excluding hydrogens is 352 g/mol. The van der Waals surface area contributed by atoms with Crippen molar-refractivity contribution in [3.63, 3.8) is 0 Å². The van der Waals surface area contributed by atoms with Crippen LogP contribution in [0.2, 0.25) is 0 Å². The van der Waals surface area contributed by atoms with Gasteiger partial charge in [-0.3, -0.25) is 4.90 Å². The Morgan fingerprint density at radius 3 is 2.54 bits per heavy atom.